The second-order valence-corrected chi connectivity index (χ2v) is 5.33. The molecule has 15 heavy (non-hydrogen) atoms. The summed E-state index contributed by atoms with van der Waals surface area (Å²) in [6, 6.07) is 6.76. The lowest BCUT2D eigenvalue weighted by Gasteiger charge is -2.29. The highest BCUT2D eigenvalue weighted by Crippen LogP contribution is 2.44. The highest BCUT2D eigenvalue weighted by molar-refractivity contribution is 8.00. The Morgan fingerprint density at radius 2 is 2.27 bits per heavy atom. The minimum atomic E-state index is 0.464. The monoisotopic (exact) mass is 223 g/mol. The van der Waals surface area contributed by atoms with Crippen LogP contribution in [0.2, 0.25) is 0 Å². The number of ether oxygens (including phenoxy) is 1. The molecule has 2 unspecified atom stereocenters. The summed E-state index contributed by atoms with van der Waals surface area (Å²) < 4.78 is 5.41. The van der Waals surface area contributed by atoms with Crippen molar-refractivity contribution in [3.05, 3.63) is 23.8 Å². The number of hydrogen-bond acceptors (Lipinski definition) is 3. The van der Waals surface area contributed by atoms with E-state index in [2.05, 4.69) is 24.4 Å². The van der Waals surface area contributed by atoms with Crippen LogP contribution in [0, 0.1) is 0 Å². The van der Waals surface area contributed by atoms with E-state index in [0.29, 0.717) is 11.3 Å². The van der Waals surface area contributed by atoms with Gasteiger partial charge in [0.25, 0.3) is 0 Å². The van der Waals surface area contributed by atoms with Crippen LogP contribution in [-0.2, 0) is 0 Å². The number of rotatable bonds is 2. The molecule has 2 atom stereocenters. The molecular formula is C12H17NOS. The molecule has 3 heteroatoms. The van der Waals surface area contributed by atoms with Crippen molar-refractivity contribution in [2.75, 3.05) is 14.2 Å². The van der Waals surface area contributed by atoms with E-state index in [0.717, 1.165) is 5.75 Å². The van der Waals surface area contributed by atoms with Gasteiger partial charge in [-0.2, -0.15) is 0 Å². The molecule has 0 fully saturated rings. The van der Waals surface area contributed by atoms with Gasteiger partial charge in [-0.05, 0) is 25.1 Å². The molecule has 1 aromatic carbocycles. The Balaban J connectivity index is 2.45. The summed E-state index contributed by atoms with van der Waals surface area (Å²) in [4.78, 5) is 1.30. The molecule has 0 bridgehead atoms. The fourth-order valence-electron chi connectivity index (χ4n) is 2.08. The maximum absolute atomic E-state index is 5.41. The maximum Gasteiger partial charge on any atom is 0.132 e. The normalized spacial score (nSPS) is 24.7. The average Bonchev–Trinajstić information content (AvgIpc) is 2.27. The van der Waals surface area contributed by atoms with Gasteiger partial charge in [0.2, 0.25) is 0 Å². The zero-order valence-corrected chi connectivity index (χ0v) is 10.2. The van der Waals surface area contributed by atoms with Gasteiger partial charge in [-0.15, -0.1) is 11.8 Å². The minimum Gasteiger partial charge on any atom is -0.496 e. The van der Waals surface area contributed by atoms with Crippen LogP contribution in [0.5, 0.6) is 5.75 Å². The maximum atomic E-state index is 5.41. The quantitative estimate of drug-likeness (QED) is 0.833. The molecule has 0 saturated carbocycles. The Labute approximate surface area is 95.4 Å². The SMILES string of the molecule is CNC1CC(C)Sc2c(OC)cccc21. The Morgan fingerprint density at radius 1 is 1.47 bits per heavy atom. The van der Waals surface area contributed by atoms with Gasteiger partial charge in [0.15, 0.2) is 0 Å². The topological polar surface area (TPSA) is 21.3 Å². The fourth-order valence-corrected chi connectivity index (χ4v) is 3.38. The number of nitrogens with one attached hydrogen (secondary N) is 1. The second-order valence-electron chi connectivity index (χ2n) is 3.88. The molecule has 1 N–H and O–H groups in total. The molecule has 1 heterocycles. The van der Waals surface area contributed by atoms with Crippen molar-refractivity contribution in [2.45, 2.75) is 29.5 Å². The number of benzene rings is 1. The van der Waals surface area contributed by atoms with Crippen LogP contribution in [-0.4, -0.2) is 19.4 Å². The molecule has 1 aromatic rings. The van der Waals surface area contributed by atoms with Crippen molar-refractivity contribution < 1.29 is 4.74 Å². The van der Waals surface area contributed by atoms with Gasteiger partial charge in [-0.1, -0.05) is 19.1 Å². The van der Waals surface area contributed by atoms with Crippen LogP contribution in [0.1, 0.15) is 24.9 Å². The molecule has 0 aliphatic carbocycles. The van der Waals surface area contributed by atoms with Gasteiger partial charge in [-0.25, -0.2) is 0 Å². The van der Waals surface area contributed by atoms with E-state index >= 15 is 0 Å². The van der Waals surface area contributed by atoms with E-state index in [4.69, 9.17) is 4.74 Å². The molecule has 0 amide bonds. The predicted octanol–water partition coefficient (Wildman–Crippen LogP) is 2.84. The largest absolute Gasteiger partial charge is 0.496 e. The molecule has 2 nitrogen and oxygen atoms in total. The third-order valence-corrected chi connectivity index (χ3v) is 4.11. The Hall–Kier alpha value is -0.670. The average molecular weight is 223 g/mol. The summed E-state index contributed by atoms with van der Waals surface area (Å²) >= 11 is 1.92. The number of thioether (sulfide) groups is 1. The number of fused-ring (bicyclic) bond motifs is 1. The lowest BCUT2D eigenvalue weighted by atomic mass is 10.0. The summed E-state index contributed by atoms with van der Waals surface area (Å²) in [6.07, 6.45) is 1.18. The standard InChI is InChI=1S/C12H17NOS/c1-8-7-10(13-2)9-5-4-6-11(14-3)12(9)15-8/h4-6,8,10,13H,7H2,1-3H3. The van der Waals surface area contributed by atoms with E-state index in [1.807, 2.05) is 24.9 Å². The summed E-state index contributed by atoms with van der Waals surface area (Å²) in [5.41, 5.74) is 1.37. The van der Waals surface area contributed by atoms with Crippen molar-refractivity contribution in [2.24, 2.45) is 0 Å². The third-order valence-electron chi connectivity index (χ3n) is 2.84. The van der Waals surface area contributed by atoms with Gasteiger partial charge in [0.05, 0.1) is 12.0 Å². The highest BCUT2D eigenvalue weighted by atomic mass is 32.2. The molecule has 1 aliphatic rings. The van der Waals surface area contributed by atoms with E-state index in [-0.39, 0.29) is 0 Å². The first-order chi connectivity index (χ1) is 7.26. The van der Waals surface area contributed by atoms with Crippen molar-refractivity contribution in [1.29, 1.82) is 0 Å². The summed E-state index contributed by atoms with van der Waals surface area (Å²) in [5.74, 6) is 1.00. The molecular weight excluding hydrogens is 206 g/mol. The van der Waals surface area contributed by atoms with E-state index in [9.17, 15) is 0 Å². The first-order valence-electron chi connectivity index (χ1n) is 5.27. The number of methoxy groups -OCH3 is 1. The molecule has 0 spiro atoms. The molecule has 82 valence electrons. The van der Waals surface area contributed by atoms with Gasteiger partial charge in [-0.3, -0.25) is 0 Å². The molecule has 0 radical (unpaired) electrons. The smallest absolute Gasteiger partial charge is 0.132 e. The Bertz CT molecular complexity index is 353. The van der Waals surface area contributed by atoms with Gasteiger partial charge >= 0.3 is 0 Å². The van der Waals surface area contributed by atoms with Crippen LogP contribution in [0.25, 0.3) is 0 Å². The fraction of sp³-hybridized carbons (Fsp3) is 0.500. The van der Waals surface area contributed by atoms with E-state index in [1.165, 1.54) is 16.9 Å². The molecule has 0 aromatic heterocycles. The van der Waals surface area contributed by atoms with Gasteiger partial charge < -0.3 is 10.1 Å². The first kappa shape index (κ1) is 10.8. The zero-order chi connectivity index (χ0) is 10.8. The molecule has 0 saturated heterocycles. The van der Waals surface area contributed by atoms with Crippen LogP contribution < -0.4 is 10.1 Å². The van der Waals surface area contributed by atoms with Crippen molar-refractivity contribution in [1.82, 2.24) is 5.32 Å². The second kappa shape index (κ2) is 4.45. The summed E-state index contributed by atoms with van der Waals surface area (Å²) in [5, 5.41) is 4.02. The molecule has 2 rings (SSSR count). The van der Waals surface area contributed by atoms with Crippen LogP contribution >= 0.6 is 11.8 Å². The van der Waals surface area contributed by atoms with Crippen molar-refractivity contribution in [3.63, 3.8) is 0 Å². The lowest BCUT2D eigenvalue weighted by Crippen LogP contribution is -2.24. The Morgan fingerprint density at radius 3 is 2.93 bits per heavy atom. The predicted molar refractivity (Wildman–Crippen MR) is 64.7 cm³/mol. The van der Waals surface area contributed by atoms with Crippen molar-refractivity contribution >= 4 is 11.8 Å². The van der Waals surface area contributed by atoms with Gasteiger partial charge in [0, 0.05) is 11.3 Å². The van der Waals surface area contributed by atoms with E-state index < -0.39 is 0 Å². The van der Waals surface area contributed by atoms with Crippen LogP contribution in [0.15, 0.2) is 23.1 Å². The molecule has 1 aliphatic heterocycles. The summed E-state index contributed by atoms with van der Waals surface area (Å²) in [7, 11) is 3.76. The number of hydrogen-bond donors (Lipinski definition) is 1. The van der Waals surface area contributed by atoms with Crippen molar-refractivity contribution in [3.8, 4) is 5.75 Å². The van der Waals surface area contributed by atoms with Gasteiger partial charge in [0.1, 0.15) is 5.75 Å². The van der Waals surface area contributed by atoms with Crippen LogP contribution in [0.3, 0.4) is 0 Å². The highest BCUT2D eigenvalue weighted by Gasteiger charge is 2.26. The lowest BCUT2D eigenvalue weighted by molar-refractivity contribution is 0.399. The zero-order valence-electron chi connectivity index (χ0n) is 9.41. The Kier molecular flexibility index (Phi) is 3.22. The third kappa shape index (κ3) is 1.99. The first-order valence-corrected chi connectivity index (χ1v) is 6.15. The van der Waals surface area contributed by atoms with E-state index in [1.54, 1.807) is 7.11 Å². The summed E-state index contributed by atoms with van der Waals surface area (Å²) in [6.45, 7) is 2.27. The minimum absolute atomic E-state index is 0.464. The van der Waals surface area contributed by atoms with Crippen LogP contribution in [0.4, 0.5) is 0 Å².